The van der Waals surface area contributed by atoms with Gasteiger partial charge in [0, 0.05) is 17.1 Å². The van der Waals surface area contributed by atoms with Crippen LogP contribution in [0.4, 0.5) is 11.4 Å². The molecule has 0 atom stereocenters. The summed E-state index contributed by atoms with van der Waals surface area (Å²) in [4.78, 5) is 24.7. The van der Waals surface area contributed by atoms with E-state index in [2.05, 4.69) is 10.6 Å². The second-order valence-corrected chi connectivity index (χ2v) is 7.47. The Balaban J connectivity index is 1.44. The smallest absolute Gasteiger partial charge is 0.265 e. The lowest BCUT2D eigenvalue weighted by Gasteiger charge is -2.07. The number of rotatable bonds is 7. The molecule has 132 valence electrons. The molecule has 0 spiro atoms. The number of thiophene rings is 1. The van der Waals surface area contributed by atoms with Gasteiger partial charge in [-0.25, -0.2) is 0 Å². The van der Waals surface area contributed by atoms with Crippen molar-refractivity contribution < 1.29 is 9.59 Å². The lowest BCUT2D eigenvalue weighted by molar-refractivity contribution is -0.113. The van der Waals surface area contributed by atoms with Gasteiger partial charge in [0.15, 0.2) is 0 Å². The van der Waals surface area contributed by atoms with Crippen LogP contribution >= 0.6 is 23.1 Å². The van der Waals surface area contributed by atoms with Crippen molar-refractivity contribution in [2.45, 2.75) is 5.75 Å². The van der Waals surface area contributed by atoms with E-state index < -0.39 is 0 Å². The maximum Gasteiger partial charge on any atom is 0.265 e. The Hall–Kier alpha value is -2.57. The highest BCUT2D eigenvalue weighted by molar-refractivity contribution is 7.99. The molecule has 0 radical (unpaired) electrons. The molecule has 6 heteroatoms. The molecule has 0 aliphatic rings. The molecule has 4 nitrogen and oxygen atoms in total. The third-order valence-corrected chi connectivity index (χ3v) is 5.39. The zero-order valence-corrected chi connectivity index (χ0v) is 15.6. The van der Waals surface area contributed by atoms with Gasteiger partial charge in [-0.15, -0.1) is 23.1 Å². The Kier molecular flexibility index (Phi) is 6.46. The van der Waals surface area contributed by atoms with E-state index in [0.29, 0.717) is 22.0 Å². The number of hydrogen-bond donors (Lipinski definition) is 2. The van der Waals surface area contributed by atoms with Crippen LogP contribution in [0, 0.1) is 0 Å². The van der Waals surface area contributed by atoms with Crippen LogP contribution < -0.4 is 10.6 Å². The number of anilines is 2. The molecule has 3 aromatic rings. The van der Waals surface area contributed by atoms with Gasteiger partial charge >= 0.3 is 0 Å². The van der Waals surface area contributed by atoms with Crippen LogP contribution in [0.2, 0.25) is 0 Å². The highest BCUT2D eigenvalue weighted by Crippen LogP contribution is 2.17. The normalized spacial score (nSPS) is 10.3. The number of amides is 2. The lowest BCUT2D eigenvalue weighted by atomic mass is 10.2. The van der Waals surface area contributed by atoms with E-state index >= 15 is 0 Å². The van der Waals surface area contributed by atoms with Crippen LogP contribution in [0.1, 0.15) is 15.2 Å². The van der Waals surface area contributed by atoms with Gasteiger partial charge in [0.25, 0.3) is 5.91 Å². The minimum atomic E-state index is -0.130. The summed E-state index contributed by atoms with van der Waals surface area (Å²) in [5.41, 5.74) is 2.61. The summed E-state index contributed by atoms with van der Waals surface area (Å²) >= 11 is 2.97. The third-order valence-electron chi connectivity index (χ3n) is 3.52. The molecule has 1 aromatic heterocycles. The first-order valence-electron chi connectivity index (χ1n) is 8.07. The van der Waals surface area contributed by atoms with Gasteiger partial charge in [0.05, 0.1) is 10.6 Å². The molecule has 3 rings (SSSR count). The molecule has 0 bridgehead atoms. The SMILES string of the molecule is O=C(CSCc1ccccc1)Nc1ccc(NC(=O)c2cccs2)cc1. The zero-order chi connectivity index (χ0) is 18.2. The predicted molar refractivity (Wildman–Crippen MR) is 110 cm³/mol. The summed E-state index contributed by atoms with van der Waals surface area (Å²) in [5, 5.41) is 7.56. The molecular formula is C20H18N2O2S2. The maximum atomic E-state index is 12.0. The Labute approximate surface area is 160 Å². The Morgan fingerprint density at radius 1 is 0.846 bits per heavy atom. The monoisotopic (exact) mass is 382 g/mol. The van der Waals surface area contributed by atoms with Crippen molar-refractivity contribution in [2.75, 3.05) is 16.4 Å². The average Bonchev–Trinajstić information content (AvgIpc) is 3.19. The van der Waals surface area contributed by atoms with E-state index in [0.717, 1.165) is 5.75 Å². The number of thioether (sulfide) groups is 1. The molecular weight excluding hydrogens is 364 g/mol. The largest absolute Gasteiger partial charge is 0.325 e. The van der Waals surface area contributed by atoms with Gasteiger partial charge in [0.2, 0.25) is 5.91 Å². The topological polar surface area (TPSA) is 58.2 Å². The minimum Gasteiger partial charge on any atom is -0.325 e. The van der Waals surface area contributed by atoms with Crippen LogP contribution in [0.5, 0.6) is 0 Å². The van der Waals surface area contributed by atoms with E-state index in [-0.39, 0.29) is 11.8 Å². The number of carbonyl (C=O) groups is 2. The van der Waals surface area contributed by atoms with Crippen LogP contribution in [-0.2, 0) is 10.5 Å². The van der Waals surface area contributed by atoms with Crippen LogP contribution in [0.15, 0.2) is 72.1 Å². The standard InChI is InChI=1S/C20H18N2O2S2/c23-19(14-25-13-15-5-2-1-3-6-15)21-16-8-10-17(11-9-16)22-20(24)18-7-4-12-26-18/h1-12H,13-14H2,(H,21,23)(H,22,24). The Morgan fingerprint density at radius 3 is 2.19 bits per heavy atom. The van der Waals surface area contributed by atoms with E-state index in [9.17, 15) is 9.59 Å². The van der Waals surface area contributed by atoms with E-state index in [4.69, 9.17) is 0 Å². The van der Waals surface area contributed by atoms with Crippen molar-refractivity contribution in [3.8, 4) is 0 Å². The van der Waals surface area contributed by atoms with Gasteiger partial charge in [-0.2, -0.15) is 0 Å². The number of hydrogen-bond acceptors (Lipinski definition) is 4. The maximum absolute atomic E-state index is 12.0. The highest BCUT2D eigenvalue weighted by Gasteiger charge is 2.07. The fraction of sp³-hybridized carbons (Fsp3) is 0.100. The molecule has 0 fully saturated rings. The van der Waals surface area contributed by atoms with Crippen molar-refractivity contribution in [2.24, 2.45) is 0 Å². The zero-order valence-electron chi connectivity index (χ0n) is 14.0. The molecule has 26 heavy (non-hydrogen) atoms. The molecule has 2 amide bonds. The fourth-order valence-electron chi connectivity index (χ4n) is 2.27. The summed E-state index contributed by atoms with van der Waals surface area (Å²) in [6, 6.07) is 20.8. The summed E-state index contributed by atoms with van der Waals surface area (Å²) in [6.07, 6.45) is 0. The average molecular weight is 383 g/mol. The van der Waals surface area contributed by atoms with E-state index in [1.165, 1.54) is 16.9 Å². The summed E-state index contributed by atoms with van der Waals surface area (Å²) in [5.74, 6) is 1.03. The van der Waals surface area contributed by atoms with Crippen molar-refractivity contribution >= 4 is 46.3 Å². The first-order chi connectivity index (χ1) is 12.7. The van der Waals surface area contributed by atoms with Crippen molar-refractivity contribution in [1.29, 1.82) is 0 Å². The van der Waals surface area contributed by atoms with Gasteiger partial charge < -0.3 is 10.6 Å². The molecule has 0 saturated carbocycles. The Morgan fingerprint density at radius 2 is 1.54 bits per heavy atom. The second-order valence-electron chi connectivity index (χ2n) is 5.54. The molecule has 0 aliphatic heterocycles. The molecule has 2 N–H and O–H groups in total. The molecule has 0 saturated heterocycles. The predicted octanol–water partition coefficient (Wildman–Crippen LogP) is 4.87. The first-order valence-corrected chi connectivity index (χ1v) is 10.1. The van der Waals surface area contributed by atoms with Crippen molar-refractivity contribution in [1.82, 2.24) is 0 Å². The second kappa shape index (κ2) is 9.22. The molecule has 1 heterocycles. The van der Waals surface area contributed by atoms with Crippen molar-refractivity contribution in [3.05, 3.63) is 82.6 Å². The minimum absolute atomic E-state index is 0.0405. The molecule has 0 aliphatic carbocycles. The van der Waals surface area contributed by atoms with Crippen LogP contribution in [-0.4, -0.2) is 17.6 Å². The highest BCUT2D eigenvalue weighted by atomic mass is 32.2. The Bertz CT molecular complexity index is 847. The third kappa shape index (κ3) is 5.47. The van der Waals surface area contributed by atoms with Crippen LogP contribution in [0.25, 0.3) is 0 Å². The number of benzene rings is 2. The van der Waals surface area contributed by atoms with Crippen LogP contribution in [0.3, 0.4) is 0 Å². The summed E-state index contributed by atoms with van der Waals surface area (Å²) < 4.78 is 0. The number of nitrogens with one attached hydrogen (secondary N) is 2. The molecule has 2 aromatic carbocycles. The summed E-state index contributed by atoms with van der Waals surface area (Å²) in [7, 11) is 0. The molecule has 0 unspecified atom stereocenters. The van der Waals surface area contributed by atoms with E-state index in [1.54, 1.807) is 42.1 Å². The fourth-order valence-corrected chi connectivity index (χ4v) is 3.68. The van der Waals surface area contributed by atoms with Gasteiger partial charge in [-0.05, 0) is 41.3 Å². The number of carbonyl (C=O) groups excluding carboxylic acids is 2. The lowest BCUT2D eigenvalue weighted by Crippen LogP contribution is -2.14. The van der Waals surface area contributed by atoms with Gasteiger partial charge in [0.1, 0.15) is 0 Å². The van der Waals surface area contributed by atoms with Crippen molar-refractivity contribution in [3.63, 3.8) is 0 Å². The summed E-state index contributed by atoms with van der Waals surface area (Å²) in [6.45, 7) is 0. The van der Waals surface area contributed by atoms with Gasteiger partial charge in [-0.1, -0.05) is 36.4 Å². The van der Waals surface area contributed by atoms with Gasteiger partial charge in [-0.3, -0.25) is 9.59 Å². The first kappa shape index (κ1) is 18.2. The quantitative estimate of drug-likeness (QED) is 0.613. The van der Waals surface area contributed by atoms with E-state index in [1.807, 2.05) is 41.8 Å².